The van der Waals surface area contributed by atoms with Crippen molar-refractivity contribution in [2.45, 2.75) is 39.3 Å². The maximum atomic E-state index is 9.20. The van der Waals surface area contributed by atoms with Crippen LogP contribution in [0.25, 0.3) is 11.1 Å². The van der Waals surface area contributed by atoms with E-state index in [9.17, 15) is 5.11 Å². The number of nitrogens with zero attached hydrogens (tertiary/aromatic N) is 2. The first kappa shape index (κ1) is 14.0. The lowest BCUT2D eigenvalue weighted by Crippen LogP contribution is -2.36. The predicted octanol–water partition coefficient (Wildman–Crippen LogP) is 2.81. The van der Waals surface area contributed by atoms with E-state index in [1.165, 1.54) is 0 Å². The Bertz CT molecular complexity index is 473. The number of aliphatic hydroxyl groups is 1. The molecule has 4 heteroatoms. The Hall–Kier alpha value is -1.39. The van der Waals surface area contributed by atoms with E-state index in [0.29, 0.717) is 19.1 Å². The molecule has 2 rings (SSSR count). The number of benzene rings is 1. The maximum absolute atomic E-state index is 9.20. The normalized spacial score (nSPS) is 11.8. The maximum Gasteiger partial charge on any atom is 0.209 e. The largest absolute Gasteiger partial charge is 0.439 e. The summed E-state index contributed by atoms with van der Waals surface area (Å²) in [6.45, 7) is 5.82. The molecule has 1 aromatic carbocycles. The Labute approximate surface area is 114 Å². The molecule has 4 nitrogen and oxygen atoms in total. The molecule has 19 heavy (non-hydrogen) atoms. The van der Waals surface area contributed by atoms with E-state index in [4.69, 9.17) is 4.42 Å². The fourth-order valence-electron chi connectivity index (χ4n) is 2.49. The standard InChI is InChI=1S/C15H22N2O2/c1-3-12(4-2)17(9-10-18)11-15-16-13-7-5-6-8-14(13)19-15/h5-8,12,18H,3-4,9-11H2,1-2H3. The summed E-state index contributed by atoms with van der Waals surface area (Å²) in [5.41, 5.74) is 1.72. The van der Waals surface area contributed by atoms with Crippen LogP contribution in [-0.4, -0.2) is 34.2 Å². The van der Waals surface area contributed by atoms with E-state index in [-0.39, 0.29) is 6.61 Å². The molecular formula is C15H22N2O2. The summed E-state index contributed by atoms with van der Waals surface area (Å²) in [6.07, 6.45) is 2.13. The molecular weight excluding hydrogens is 240 g/mol. The van der Waals surface area contributed by atoms with Gasteiger partial charge in [0.25, 0.3) is 0 Å². The molecule has 2 aromatic rings. The molecule has 0 amide bonds. The second-order valence-corrected chi connectivity index (χ2v) is 4.74. The molecule has 0 unspecified atom stereocenters. The van der Waals surface area contributed by atoms with Gasteiger partial charge in [-0.15, -0.1) is 0 Å². The zero-order valence-corrected chi connectivity index (χ0v) is 11.7. The monoisotopic (exact) mass is 262 g/mol. The van der Waals surface area contributed by atoms with Crippen molar-refractivity contribution in [3.8, 4) is 0 Å². The van der Waals surface area contributed by atoms with Crippen molar-refractivity contribution in [2.75, 3.05) is 13.2 Å². The van der Waals surface area contributed by atoms with Crippen molar-refractivity contribution in [1.29, 1.82) is 0 Å². The number of oxazole rings is 1. The number of hydrogen-bond acceptors (Lipinski definition) is 4. The van der Waals surface area contributed by atoms with Crippen molar-refractivity contribution < 1.29 is 9.52 Å². The highest BCUT2D eigenvalue weighted by Gasteiger charge is 2.17. The fraction of sp³-hybridized carbons (Fsp3) is 0.533. The lowest BCUT2D eigenvalue weighted by molar-refractivity contribution is 0.127. The van der Waals surface area contributed by atoms with Crippen LogP contribution in [0.15, 0.2) is 28.7 Å². The van der Waals surface area contributed by atoms with E-state index in [1.807, 2.05) is 24.3 Å². The third-order valence-electron chi connectivity index (χ3n) is 3.52. The lowest BCUT2D eigenvalue weighted by atomic mass is 10.1. The number of aliphatic hydroxyl groups excluding tert-OH is 1. The Morgan fingerprint density at radius 2 is 2.00 bits per heavy atom. The molecule has 0 aliphatic rings. The molecule has 0 aliphatic carbocycles. The van der Waals surface area contributed by atoms with Crippen LogP contribution in [0.4, 0.5) is 0 Å². The third-order valence-corrected chi connectivity index (χ3v) is 3.52. The van der Waals surface area contributed by atoms with Gasteiger partial charge in [0.05, 0.1) is 13.2 Å². The highest BCUT2D eigenvalue weighted by Crippen LogP contribution is 2.18. The molecule has 1 aromatic heterocycles. The Morgan fingerprint density at radius 1 is 1.26 bits per heavy atom. The minimum atomic E-state index is 0.163. The summed E-state index contributed by atoms with van der Waals surface area (Å²) in [6, 6.07) is 8.25. The van der Waals surface area contributed by atoms with Gasteiger partial charge in [0, 0.05) is 12.6 Å². The molecule has 0 fully saturated rings. The molecule has 0 atom stereocenters. The molecule has 0 radical (unpaired) electrons. The minimum Gasteiger partial charge on any atom is -0.439 e. The van der Waals surface area contributed by atoms with Crippen LogP contribution in [0.5, 0.6) is 0 Å². The molecule has 1 N–H and O–H groups in total. The van der Waals surface area contributed by atoms with Gasteiger partial charge in [-0.05, 0) is 25.0 Å². The van der Waals surface area contributed by atoms with Crippen molar-refractivity contribution >= 4 is 11.1 Å². The van der Waals surface area contributed by atoms with Crippen LogP contribution >= 0.6 is 0 Å². The van der Waals surface area contributed by atoms with Gasteiger partial charge in [0.15, 0.2) is 5.58 Å². The van der Waals surface area contributed by atoms with Gasteiger partial charge >= 0.3 is 0 Å². The number of para-hydroxylation sites is 2. The van der Waals surface area contributed by atoms with Crippen LogP contribution < -0.4 is 0 Å². The fourth-order valence-corrected chi connectivity index (χ4v) is 2.49. The summed E-state index contributed by atoms with van der Waals surface area (Å²) in [5.74, 6) is 0.724. The quantitative estimate of drug-likeness (QED) is 0.833. The van der Waals surface area contributed by atoms with E-state index >= 15 is 0 Å². The van der Waals surface area contributed by atoms with Crippen LogP contribution in [0.1, 0.15) is 32.6 Å². The lowest BCUT2D eigenvalue weighted by Gasteiger charge is -2.28. The zero-order valence-electron chi connectivity index (χ0n) is 11.7. The molecule has 0 spiro atoms. The summed E-state index contributed by atoms with van der Waals surface area (Å²) in [7, 11) is 0. The summed E-state index contributed by atoms with van der Waals surface area (Å²) in [4.78, 5) is 6.74. The van der Waals surface area contributed by atoms with Gasteiger partial charge in [0.2, 0.25) is 5.89 Å². The highest BCUT2D eigenvalue weighted by molar-refractivity contribution is 5.72. The smallest absolute Gasteiger partial charge is 0.209 e. The first-order chi connectivity index (χ1) is 9.28. The van der Waals surface area contributed by atoms with Gasteiger partial charge < -0.3 is 9.52 Å². The number of hydrogen-bond donors (Lipinski definition) is 1. The molecule has 0 bridgehead atoms. The molecule has 0 aliphatic heterocycles. The third kappa shape index (κ3) is 3.33. The predicted molar refractivity (Wildman–Crippen MR) is 75.9 cm³/mol. The number of rotatable bonds is 7. The van der Waals surface area contributed by atoms with Gasteiger partial charge in [-0.25, -0.2) is 4.98 Å². The summed E-state index contributed by atoms with van der Waals surface area (Å²) in [5, 5.41) is 9.20. The van der Waals surface area contributed by atoms with Crippen LogP contribution in [0.2, 0.25) is 0 Å². The first-order valence-electron chi connectivity index (χ1n) is 6.97. The average Bonchev–Trinajstić information content (AvgIpc) is 2.82. The van der Waals surface area contributed by atoms with E-state index < -0.39 is 0 Å². The second kappa shape index (κ2) is 6.68. The second-order valence-electron chi connectivity index (χ2n) is 4.74. The topological polar surface area (TPSA) is 49.5 Å². The molecule has 0 saturated carbocycles. The average molecular weight is 262 g/mol. The van der Waals surface area contributed by atoms with Gasteiger partial charge in [-0.2, -0.15) is 0 Å². The number of fused-ring (bicyclic) bond motifs is 1. The summed E-state index contributed by atoms with van der Waals surface area (Å²) < 4.78 is 5.75. The van der Waals surface area contributed by atoms with Crippen molar-refractivity contribution in [3.63, 3.8) is 0 Å². The van der Waals surface area contributed by atoms with Crippen molar-refractivity contribution in [3.05, 3.63) is 30.2 Å². The SMILES string of the molecule is CCC(CC)N(CCO)Cc1nc2ccccc2o1. The van der Waals surface area contributed by atoms with E-state index in [1.54, 1.807) is 0 Å². The van der Waals surface area contributed by atoms with Crippen molar-refractivity contribution in [1.82, 2.24) is 9.88 Å². The Balaban J connectivity index is 2.15. The van der Waals surface area contributed by atoms with E-state index in [0.717, 1.165) is 29.8 Å². The van der Waals surface area contributed by atoms with Gasteiger partial charge in [0.1, 0.15) is 5.52 Å². The van der Waals surface area contributed by atoms with Crippen LogP contribution in [0.3, 0.4) is 0 Å². The highest BCUT2D eigenvalue weighted by atomic mass is 16.3. The first-order valence-corrected chi connectivity index (χ1v) is 6.97. The van der Waals surface area contributed by atoms with Crippen LogP contribution in [0, 0.1) is 0 Å². The van der Waals surface area contributed by atoms with Crippen LogP contribution in [-0.2, 0) is 6.54 Å². The van der Waals surface area contributed by atoms with Crippen molar-refractivity contribution in [2.24, 2.45) is 0 Å². The molecule has 1 heterocycles. The Kier molecular flexibility index (Phi) is 4.93. The number of aromatic nitrogens is 1. The minimum absolute atomic E-state index is 0.163. The van der Waals surface area contributed by atoms with Gasteiger partial charge in [-0.1, -0.05) is 26.0 Å². The summed E-state index contributed by atoms with van der Waals surface area (Å²) >= 11 is 0. The Morgan fingerprint density at radius 3 is 2.63 bits per heavy atom. The van der Waals surface area contributed by atoms with E-state index in [2.05, 4.69) is 23.7 Å². The van der Waals surface area contributed by atoms with Gasteiger partial charge in [-0.3, -0.25) is 4.90 Å². The molecule has 104 valence electrons. The molecule has 0 saturated heterocycles. The zero-order chi connectivity index (χ0) is 13.7.